The van der Waals surface area contributed by atoms with Gasteiger partial charge in [0, 0.05) is 49.5 Å². The molecule has 1 unspecified atom stereocenters. The van der Waals surface area contributed by atoms with Crippen molar-refractivity contribution >= 4 is 34.6 Å². The average Bonchev–Trinajstić information content (AvgIpc) is 3.61. The van der Waals surface area contributed by atoms with Crippen molar-refractivity contribution in [3.05, 3.63) is 58.9 Å². The molecule has 1 atom stereocenters. The third kappa shape index (κ3) is 5.11. The van der Waals surface area contributed by atoms with Crippen LogP contribution in [0.3, 0.4) is 0 Å². The molecule has 3 aromatic rings. The molecule has 180 valence electrons. The maximum absolute atomic E-state index is 12.8. The molecule has 5 rings (SSSR count). The van der Waals surface area contributed by atoms with Crippen molar-refractivity contribution in [2.75, 3.05) is 54.4 Å². The van der Waals surface area contributed by atoms with E-state index in [1.54, 1.807) is 10.3 Å². The molecule has 2 N–H and O–H groups in total. The van der Waals surface area contributed by atoms with Crippen LogP contribution in [0.2, 0.25) is 0 Å². The van der Waals surface area contributed by atoms with E-state index in [0.29, 0.717) is 30.5 Å². The van der Waals surface area contributed by atoms with Crippen molar-refractivity contribution in [1.29, 1.82) is 0 Å². The van der Waals surface area contributed by atoms with Gasteiger partial charge in [-0.05, 0) is 54.2 Å². The molecular weight excluding hydrogens is 458 g/mol. The quantitative estimate of drug-likeness (QED) is 0.530. The summed E-state index contributed by atoms with van der Waals surface area (Å²) in [5.41, 5.74) is 4.77. The van der Waals surface area contributed by atoms with Gasteiger partial charge >= 0.3 is 6.03 Å². The first-order chi connectivity index (χ1) is 17.1. The summed E-state index contributed by atoms with van der Waals surface area (Å²) in [4.78, 5) is 23.3. The summed E-state index contributed by atoms with van der Waals surface area (Å²) in [6.45, 7) is 3.89. The number of hydrogen-bond donors (Lipinski definition) is 2. The van der Waals surface area contributed by atoms with Crippen molar-refractivity contribution in [3.8, 4) is 23.5 Å². The predicted molar refractivity (Wildman–Crippen MR) is 142 cm³/mol. The molecule has 2 saturated heterocycles. The van der Waals surface area contributed by atoms with E-state index in [2.05, 4.69) is 74.6 Å². The van der Waals surface area contributed by atoms with Crippen molar-refractivity contribution in [1.82, 2.24) is 9.88 Å². The molecule has 0 saturated carbocycles. The first-order valence-electron chi connectivity index (χ1n) is 12.0. The van der Waals surface area contributed by atoms with Crippen LogP contribution in [-0.4, -0.2) is 66.4 Å². The van der Waals surface area contributed by atoms with Crippen LogP contribution in [0.4, 0.5) is 22.0 Å². The van der Waals surface area contributed by atoms with Crippen LogP contribution in [0, 0.1) is 12.3 Å². The Morgan fingerprint density at radius 1 is 1.06 bits per heavy atom. The van der Waals surface area contributed by atoms with Gasteiger partial charge in [-0.3, -0.25) is 5.32 Å². The number of amides is 2. The SMILES string of the molecule is C#Cc1nc(NC(=O)N2CCN(c3ccc(-c4cccc(N5CCCC5)c4)cc3)CC2CO)cs1. The molecule has 35 heavy (non-hydrogen) atoms. The summed E-state index contributed by atoms with van der Waals surface area (Å²) in [6.07, 6.45) is 7.89. The summed E-state index contributed by atoms with van der Waals surface area (Å²) >= 11 is 1.31. The topological polar surface area (TPSA) is 71.9 Å². The van der Waals surface area contributed by atoms with Crippen LogP contribution < -0.4 is 15.1 Å². The second-order valence-corrected chi connectivity index (χ2v) is 9.74. The number of nitrogens with one attached hydrogen (secondary N) is 1. The van der Waals surface area contributed by atoms with Crippen LogP contribution in [0.1, 0.15) is 17.8 Å². The third-order valence-corrected chi connectivity index (χ3v) is 7.47. The van der Waals surface area contributed by atoms with E-state index in [-0.39, 0.29) is 18.7 Å². The number of thiazole rings is 1. The lowest BCUT2D eigenvalue weighted by Crippen LogP contribution is -2.57. The van der Waals surface area contributed by atoms with Crippen molar-refractivity contribution < 1.29 is 9.90 Å². The number of urea groups is 1. The van der Waals surface area contributed by atoms with Crippen molar-refractivity contribution in [2.24, 2.45) is 0 Å². The fourth-order valence-electron chi connectivity index (χ4n) is 4.81. The van der Waals surface area contributed by atoms with Crippen LogP contribution in [0.5, 0.6) is 0 Å². The second kappa shape index (κ2) is 10.4. The summed E-state index contributed by atoms with van der Waals surface area (Å²) in [6, 6.07) is 16.7. The number of rotatable bonds is 5. The normalized spacial score (nSPS) is 17.9. The van der Waals surface area contributed by atoms with Crippen LogP contribution in [0.15, 0.2) is 53.9 Å². The largest absolute Gasteiger partial charge is 0.394 e. The summed E-state index contributed by atoms with van der Waals surface area (Å²) in [7, 11) is 0. The van der Waals surface area contributed by atoms with Gasteiger partial charge in [0.25, 0.3) is 0 Å². The van der Waals surface area contributed by atoms with Gasteiger partial charge in [0.1, 0.15) is 5.82 Å². The monoisotopic (exact) mass is 487 g/mol. The number of nitrogens with zero attached hydrogens (tertiary/aromatic N) is 4. The molecule has 0 radical (unpaired) electrons. The maximum Gasteiger partial charge on any atom is 0.323 e. The average molecular weight is 488 g/mol. The van der Waals surface area contributed by atoms with Gasteiger partial charge in [-0.1, -0.05) is 24.3 Å². The number of aliphatic hydroxyl groups is 1. The lowest BCUT2D eigenvalue weighted by molar-refractivity contribution is 0.132. The number of carbonyl (C=O) groups excluding carboxylic acids is 1. The van der Waals surface area contributed by atoms with E-state index < -0.39 is 0 Å². The minimum Gasteiger partial charge on any atom is -0.394 e. The van der Waals surface area contributed by atoms with Crippen LogP contribution in [0.25, 0.3) is 11.1 Å². The standard InChI is InChI=1S/C27H29N5O2S/c1-2-26-28-25(19-35-26)29-27(34)32-15-14-31(17-24(32)18-33)22-10-8-20(9-11-22)21-6-5-7-23(16-21)30-12-3-4-13-30/h1,5-11,16,19,24,33H,3-4,12-15,17-18H2,(H,29,34). The predicted octanol–water partition coefficient (Wildman–Crippen LogP) is 4.11. The van der Waals surface area contributed by atoms with E-state index in [4.69, 9.17) is 6.42 Å². The number of aromatic nitrogens is 1. The molecule has 8 heteroatoms. The number of benzene rings is 2. The Labute approximate surface area is 210 Å². The Kier molecular flexibility index (Phi) is 6.89. The Bertz CT molecular complexity index is 1210. The molecular formula is C27H29N5O2S. The molecule has 2 aliphatic heterocycles. The zero-order valence-electron chi connectivity index (χ0n) is 19.6. The fourth-order valence-corrected chi connectivity index (χ4v) is 5.37. The molecule has 7 nitrogen and oxygen atoms in total. The maximum atomic E-state index is 12.8. The molecule has 2 aromatic carbocycles. The van der Waals surface area contributed by atoms with E-state index in [1.807, 2.05) is 0 Å². The molecule has 2 fully saturated rings. The molecule has 0 spiro atoms. The Morgan fingerprint density at radius 2 is 1.86 bits per heavy atom. The van der Waals surface area contributed by atoms with E-state index in [1.165, 1.54) is 41.0 Å². The van der Waals surface area contributed by atoms with Gasteiger partial charge in [-0.2, -0.15) is 0 Å². The van der Waals surface area contributed by atoms with Gasteiger partial charge in [-0.15, -0.1) is 17.8 Å². The van der Waals surface area contributed by atoms with Crippen molar-refractivity contribution in [3.63, 3.8) is 0 Å². The first kappa shape index (κ1) is 23.2. The van der Waals surface area contributed by atoms with E-state index in [9.17, 15) is 9.90 Å². The highest BCUT2D eigenvalue weighted by Crippen LogP contribution is 2.29. The first-order valence-corrected chi connectivity index (χ1v) is 12.8. The van der Waals surface area contributed by atoms with Crippen LogP contribution >= 0.6 is 11.3 Å². The van der Waals surface area contributed by atoms with Gasteiger partial charge in [-0.25, -0.2) is 9.78 Å². The Morgan fingerprint density at radius 3 is 2.57 bits per heavy atom. The number of aliphatic hydroxyl groups excluding tert-OH is 1. The number of hydrogen-bond acceptors (Lipinski definition) is 6. The van der Waals surface area contributed by atoms with Crippen molar-refractivity contribution in [2.45, 2.75) is 18.9 Å². The number of piperazine rings is 1. The molecule has 1 aromatic heterocycles. The zero-order chi connectivity index (χ0) is 24.2. The Hall–Kier alpha value is -3.54. The van der Waals surface area contributed by atoms with Gasteiger partial charge in [0.15, 0.2) is 5.01 Å². The molecule has 2 aliphatic rings. The number of carbonyl (C=O) groups is 1. The minimum atomic E-state index is -0.314. The Balaban J connectivity index is 1.24. The summed E-state index contributed by atoms with van der Waals surface area (Å²) in [5, 5.41) is 15.0. The van der Waals surface area contributed by atoms with E-state index >= 15 is 0 Å². The third-order valence-electron chi connectivity index (χ3n) is 6.70. The molecule has 3 heterocycles. The van der Waals surface area contributed by atoms with Crippen LogP contribution in [-0.2, 0) is 0 Å². The fraction of sp³-hybridized carbons (Fsp3) is 0.333. The molecule has 0 aliphatic carbocycles. The highest BCUT2D eigenvalue weighted by Gasteiger charge is 2.30. The highest BCUT2D eigenvalue weighted by molar-refractivity contribution is 7.10. The minimum absolute atomic E-state index is 0.113. The molecule has 0 bridgehead atoms. The summed E-state index contributed by atoms with van der Waals surface area (Å²) < 4.78 is 0. The second-order valence-electron chi connectivity index (χ2n) is 8.88. The smallest absolute Gasteiger partial charge is 0.323 e. The number of terminal acetylenes is 1. The highest BCUT2D eigenvalue weighted by atomic mass is 32.1. The number of anilines is 3. The van der Waals surface area contributed by atoms with E-state index in [0.717, 1.165) is 18.8 Å². The molecule has 2 amide bonds. The van der Waals surface area contributed by atoms with Gasteiger partial charge < -0.3 is 19.8 Å². The zero-order valence-corrected chi connectivity index (χ0v) is 20.4. The lowest BCUT2D eigenvalue weighted by Gasteiger charge is -2.41. The van der Waals surface area contributed by atoms with Gasteiger partial charge in [0.2, 0.25) is 0 Å². The van der Waals surface area contributed by atoms with Gasteiger partial charge in [0.05, 0.1) is 12.6 Å². The summed E-state index contributed by atoms with van der Waals surface area (Å²) in [5.74, 6) is 2.91. The lowest BCUT2D eigenvalue weighted by atomic mass is 10.0.